The van der Waals surface area contributed by atoms with Gasteiger partial charge in [0.15, 0.2) is 0 Å². The number of thiophene rings is 1. The number of urea groups is 1. The molecule has 0 fully saturated rings. The number of aliphatic hydroxyl groups excluding tert-OH is 1. The minimum atomic E-state index is -0.658. The minimum absolute atomic E-state index is 0.204. The van der Waals surface area contributed by atoms with Crippen molar-refractivity contribution in [3.05, 3.63) is 22.4 Å². The van der Waals surface area contributed by atoms with Crippen LogP contribution >= 0.6 is 11.3 Å². The number of aliphatic hydroxyl groups is 1. The summed E-state index contributed by atoms with van der Waals surface area (Å²) < 4.78 is 5.34. The van der Waals surface area contributed by atoms with Gasteiger partial charge in [-0.2, -0.15) is 11.3 Å². The van der Waals surface area contributed by atoms with Gasteiger partial charge in [0.1, 0.15) is 0 Å². The van der Waals surface area contributed by atoms with E-state index in [4.69, 9.17) is 4.74 Å². The van der Waals surface area contributed by atoms with Crippen molar-refractivity contribution in [3.63, 3.8) is 0 Å². The predicted molar refractivity (Wildman–Crippen MR) is 76.3 cm³/mol. The maximum Gasteiger partial charge on any atom is 0.314 e. The molecule has 108 valence electrons. The van der Waals surface area contributed by atoms with Crippen LogP contribution in [0.2, 0.25) is 0 Å². The lowest BCUT2D eigenvalue weighted by atomic mass is 10.2. The number of hydrogen-bond donors (Lipinski definition) is 3. The standard InChI is InChI=1S/C13H22N2O3S/c1-10(2)8-18-5-4-14-13(17)15-7-12(16)11-3-6-19-9-11/h3,6,9-10,12,16H,4-5,7-8H2,1-2H3,(H2,14,15,17). The fraction of sp³-hybridized carbons (Fsp3) is 0.615. The molecule has 0 radical (unpaired) electrons. The molecule has 1 rings (SSSR count). The molecule has 0 aliphatic carbocycles. The Bertz CT molecular complexity index is 355. The van der Waals surface area contributed by atoms with Crippen molar-refractivity contribution in [2.75, 3.05) is 26.3 Å². The third-order valence-corrected chi connectivity index (χ3v) is 3.07. The van der Waals surface area contributed by atoms with Crippen molar-refractivity contribution in [2.24, 2.45) is 5.92 Å². The SMILES string of the molecule is CC(C)COCCNC(=O)NCC(O)c1ccsc1. The van der Waals surface area contributed by atoms with Crippen LogP contribution in [-0.2, 0) is 4.74 Å². The Labute approximate surface area is 118 Å². The zero-order chi connectivity index (χ0) is 14.1. The molecule has 0 aromatic carbocycles. The van der Waals surface area contributed by atoms with Gasteiger partial charge in [0.05, 0.1) is 12.7 Å². The quantitative estimate of drug-likeness (QED) is 0.638. The monoisotopic (exact) mass is 286 g/mol. The first-order valence-electron chi connectivity index (χ1n) is 6.39. The molecule has 3 N–H and O–H groups in total. The van der Waals surface area contributed by atoms with Gasteiger partial charge in [-0.15, -0.1) is 0 Å². The Morgan fingerprint density at radius 1 is 1.47 bits per heavy atom. The van der Waals surface area contributed by atoms with Crippen LogP contribution in [0.3, 0.4) is 0 Å². The van der Waals surface area contributed by atoms with Gasteiger partial charge in [-0.25, -0.2) is 4.79 Å². The lowest BCUT2D eigenvalue weighted by Gasteiger charge is -2.12. The maximum atomic E-state index is 11.4. The van der Waals surface area contributed by atoms with Crippen LogP contribution in [0.15, 0.2) is 16.8 Å². The molecule has 1 atom stereocenters. The number of carbonyl (C=O) groups excluding carboxylic acids is 1. The van der Waals surface area contributed by atoms with Crippen molar-refractivity contribution in [3.8, 4) is 0 Å². The molecular weight excluding hydrogens is 264 g/mol. The van der Waals surface area contributed by atoms with Crippen LogP contribution in [0.25, 0.3) is 0 Å². The molecule has 19 heavy (non-hydrogen) atoms. The molecule has 0 bridgehead atoms. The number of nitrogens with one attached hydrogen (secondary N) is 2. The van der Waals surface area contributed by atoms with Gasteiger partial charge in [0, 0.05) is 19.7 Å². The van der Waals surface area contributed by atoms with Gasteiger partial charge < -0.3 is 20.5 Å². The van der Waals surface area contributed by atoms with Gasteiger partial charge in [0.2, 0.25) is 0 Å². The van der Waals surface area contributed by atoms with Crippen LogP contribution in [0.1, 0.15) is 25.5 Å². The second kappa shape index (κ2) is 8.90. The molecular formula is C13H22N2O3S. The second-order valence-electron chi connectivity index (χ2n) is 4.68. The molecule has 1 heterocycles. The molecule has 2 amide bonds. The highest BCUT2D eigenvalue weighted by Gasteiger charge is 2.09. The van der Waals surface area contributed by atoms with E-state index < -0.39 is 6.10 Å². The van der Waals surface area contributed by atoms with E-state index in [0.717, 1.165) is 5.56 Å². The summed E-state index contributed by atoms with van der Waals surface area (Å²) in [7, 11) is 0. The fourth-order valence-corrected chi connectivity index (χ4v) is 2.10. The first kappa shape index (κ1) is 15.9. The molecule has 1 aromatic rings. The molecule has 1 aromatic heterocycles. The van der Waals surface area contributed by atoms with Crippen molar-refractivity contribution >= 4 is 17.4 Å². The van der Waals surface area contributed by atoms with E-state index in [0.29, 0.717) is 25.7 Å². The summed E-state index contributed by atoms with van der Waals surface area (Å²) in [6, 6.07) is 1.55. The molecule has 5 nitrogen and oxygen atoms in total. The van der Waals surface area contributed by atoms with Crippen LogP contribution in [0.5, 0.6) is 0 Å². The van der Waals surface area contributed by atoms with E-state index in [-0.39, 0.29) is 12.6 Å². The Morgan fingerprint density at radius 2 is 2.26 bits per heavy atom. The summed E-state index contributed by atoms with van der Waals surface area (Å²) in [6.45, 7) is 6.01. The molecule has 6 heteroatoms. The second-order valence-corrected chi connectivity index (χ2v) is 5.46. The Kier molecular flexibility index (Phi) is 7.47. The highest BCUT2D eigenvalue weighted by Crippen LogP contribution is 2.14. The van der Waals surface area contributed by atoms with E-state index in [1.54, 1.807) is 0 Å². The van der Waals surface area contributed by atoms with E-state index >= 15 is 0 Å². The predicted octanol–water partition coefficient (Wildman–Crippen LogP) is 1.75. The lowest BCUT2D eigenvalue weighted by molar-refractivity contribution is 0.112. The average Bonchev–Trinajstić information content (AvgIpc) is 2.89. The van der Waals surface area contributed by atoms with Gasteiger partial charge >= 0.3 is 6.03 Å². The number of amides is 2. The van der Waals surface area contributed by atoms with E-state index in [2.05, 4.69) is 24.5 Å². The smallest absolute Gasteiger partial charge is 0.314 e. The first-order valence-corrected chi connectivity index (χ1v) is 7.33. The largest absolute Gasteiger partial charge is 0.387 e. The van der Waals surface area contributed by atoms with Gasteiger partial charge in [-0.3, -0.25) is 0 Å². The van der Waals surface area contributed by atoms with Crippen LogP contribution in [0, 0.1) is 5.92 Å². The average molecular weight is 286 g/mol. The topological polar surface area (TPSA) is 70.6 Å². The molecule has 0 aliphatic heterocycles. The molecule has 0 saturated heterocycles. The summed E-state index contributed by atoms with van der Waals surface area (Å²) in [4.78, 5) is 11.4. The third-order valence-electron chi connectivity index (χ3n) is 2.37. The van der Waals surface area contributed by atoms with Gasteiger partial charge in [0.25, 0.3) is 0 Å². The maximum absolute atomic E-state index is 11.4. The Balaban J connectivity index is 2.05. The van der Waals surface area contributed by atoms with Crippen LogP contribution in [-0.4, -0.2) is 37.4 Å². The molecule has 0 saturated carbocycles. The summed E-state index contributed by atoms with van der Waals surface area (Å²) in [6.07, 6.45) is -0.658. The first-order chi connectivity index (χ1) is 9.09. The zero-order valence-corrected chi connectivity index (χ0v) is 12.2. The van der Waals surface area contributed by atoms with E-state index in [1.807, 2.05) is 16.8 Å². The van der Waals surface area contributed by atoms with Crippen molar-refractivity contribution in [2.45, 2.75) is 20.0 Å². The highest BCUT2D eigenvalue weighted by molar-refractivity contribution is 7.07. The number of rotatable bonds is 8. The number of hydrogen-bond acceptors (Lipinski definition) is 4. The van der Waals surface area contributed by atoms with Crippen molar-refractivity contribution < 1.29 is 14.6 Å². The van der Waals surface area contributed by atoms with Gasteiger partial charge in [-0.05, 0) is 28.3 Å². The summed E-state index contributed by atoms with van der Waals surface area (Å²) >= 11 is 1.52. The van der Waals surface area contributed by atoms with Crippen molar-refractivity contribution in [1.82, 2.24) is 10.6 Å². The third kappa shape index (κ3) is 7.15. The summed E-state index contributed by atoms with van der Waals surface area (Å²) in [5.74, 6) is 0.495. The lowest BCUT2D eigenvalue weighted by Crippen LogP contribution is -2.39. The molecule has 1 unspecified atom stereocenters. The van der Waals surface area contributed by atoms with Crippen LogP contribution < -0.4 is 10.6 Å². The molecule has 0 aliphatic rings. The highest BCUT2D eigenvalue weighted by atomic mass is 32.1. The number of carbonyl (C=O) groups is 1. The number of ether oxygens (including phenoxy) is 1. The van der Waals surface area contributed by atoms with Crippen LogP contribution in [0.4, 0.5) is 4.79 Å². The normalized spacial score (nSPS) is 12.4. The van der Waals surface area contributed by atoms with E-state index in [1.165, 1.54) is 11.3 Å². The fourth-order valence-electron chi connectivity index (χ4n) is 1.39. The van der Waals surface area contributed by atoms with Crippen molar-refractivity contribution in [1.29, 1.82) is 0 Å². The van der Waals surface area contributed by atoms with Gasteiger partial charge in [-0.1, -0.05) is 13.8 Å². The zero-order valence-electron chi connectivity index (χ0n) is 11.4. The van der Waals surface area contributed by atoms with E-state index in [9.17, 15) is 9.90 Å². The minimum Gasteiger partial charge on any atom is -0.387 e. The Morgan fingerprint density at radius 3 is 2.89 bits per heavy atom. The summed E-state index contributed by atoms with van der Waals surface area (Å²) in [5, 5.41) is 18.8. The summed E-state index contributed by atoms with van der Waals surface area (Å²) in [5.41, 5.74) is 0.825. The Hall–Kier alpha value is -1.11. The molecule has 0 spiro atoms.